The molecule has 204 valence electrons. The SMILES string of the molecule is CC(C)CC(N)C(=O)NC(CCC(=O)O)C(=O)NC(CCC(N)=O)C(=O)NC(CCC(N)=O)C(=O)O. The fourth-order valence-corrected chi connectivity index (χ4v) is 3.07. The van der Waals surface area contributed by atoms with Crippen LogP contribution in [-0.2, 0) is 33.6 Å². The van der Waals surface area contributed by atoms with Crippen molar-refractivity contribution in [3.8, 4) is 0 Å². The number of carbonyl (C=O) groups excluding carboxylic acids is 5. The van der Waals surface area contributed by atoms with Crippen molar-refractivity contribution in [2.45, 2.75) is 83.0 Å². The molecule has 0 aliphatic carbocycles. The van der Waals surface area contributed by atoms with Crippen molar-refractivity contribution in [1.29, 1.82) is 0 Å². The Kier molecular flexibility index (Phi) is 14.4. The van der Waals surface area contributed by atoms with E-state index in [1.807, 2.05) is 13.8 Å². The topological polar surface area (TPSA) is 274 Å². The number of hydrogen-bond donors (Lipinski definition) is 8. The second-order valence-corrected chi connectivity index (χ2v) is 8.70. The fraction of sp³-hybridized carbons (Fsp3) is 0.667. The average molecular weight is 517 g/mol. The van der Waals surface area contributed by atoms with Gasteiger partial charge in [-0.15, -0.1) is 0 Å². The smallest absolute Gasteiger partial charge is 0.326 e. The van der Waals surface area contributed by atoms with E-state index in [4.69, 9.17) is 22.3 Å². The Morgan fingerprint density at radius 2 is 1.06 bits per heavy atom. The quantitative estimate of drug-likeness (QED) is 0.0932. The van der Waals surface area contributed by atoms with Crippen LogP contribution in [0.25, 0.3) is 0 Å². The van der Waals surface area contributed by atoms with Gasteiger partial charge in [0.15, 0.2) is 0 Å². The summed E-state index contributed by atoms with van der Waals surface area (Å²) in [5.74, 6) is -6.88. The van der Waals surface area contributed by atoms with Crippen LogP contribution in [0.3, 0.4) is 0 Å². The molecule has 0 rings (SSSR count). The van der Waals surface area contributed by atoms with E-state index in [-0.39, 0.29) is 38.0 Å². The van der Waals surface area contributed by atoms with Gasteiger partial charge < -0.3 is 43.4 Å². The van der Waals surface area contributed by atoms with Crippen molar-refractivity contribution < 1.29 is 43.8 Å². The monoisotopic (exact) mass is 516 g/mol. The number of carbonyl (C=O) groups is 7. The highest BCUT2D eigenvalue weighted by atomic mass is 16.4. The second kappa shape index (κ2) is 16.0. The number of aliphatic carboxylic acids is 2. The summed E-state index contributed by atoms with van der Waals surface area (Å²) in [4.78, 5) is 82.7. The van der Waals surface area contributed by atoms with E-state index >= 15 is 0 Å². The largest absolute Gasteiger partial charge is 0.481 e. The number of nitrogens with one attached hydrogen (secondary N) is 3. The van der Waals surface area contributed by atoms with Crippen molar-refractivity contribution in [1.82, 2.24) is 16.0 Å². The lowest BCUT2D eigenvalue weighted by atomic mass is 10.0. The minimum atomic E-state index is -1.52. The van der Waals surface area contributed by atoms with Gasteiger partial charge in [-0.25, -0.2) is 4.79 Å². The molecule has 0 aliphatic heterocycles. The van der Waals surface area contributed by atoms with E-state index < -0.39 is 72.1 Å². The highest BCUT2D eigenvalue weighted by Gasteiger charge is 2.31. The third-order valence-corrected chi connectivity index (χ3v) is 4.95. The molecule has 0 spiro atoms. The van der Waals surface area contributed by atoms with Gasteiger partial charge in [0.05, 0.1) is 6.04 Å². The lowest BCUT2D eigenvalue weighted by molar-refractivity contribution is -0.142. The number of nitrogens with two attached hydrogens (primary N) is 3. The first-order valence-corrected chi connectivity index (χ1v) is 11.3. The first-order chi connectivity index (χ1) is 16.6. The fourth-order valence-electron chi connectivity index (χ4n) is 3.07. The molecule has 0 aromatic rings. The van der Waals surface area contributed by atoms with Crippen LogP contribution >= 0.6 is 0 Å². The summed E-state index contributed by atoms with van der Waals surface area (Å²) in [5.41, 5.74) is 15.9. The van der Waals surface area contributed by atoms with Gasteiger partial charge in [0.2, 0.25) is 29.5 Å². The van der Waals surface area contributed by atoms with E-state index in [9.17, 15) is 38.7 Å². The molecule has 0 radical (unpaired) electrons. The van der Waals surface area contributed by atoms with E-state index in [1.54, 1.807) is 0 Å². The highest BCUT2D eigenvalue weighted by Crippen LogP contribution is 2.07. The maximum Gasteiger partial charge on any atom is 0.326 e. The number of hydrogen-bond acceptors (Lipinski definition) is 8. The van der Waals surface area contributed by atoms with Crippen LogP contribution in [0.2, 0.25) is 0 Å². The van der Waals surface area contributed by atoms with Crippen LogP contribution in [0.5, 0.6) is 0 Å². The van der Waals surface area contributed by atoms with E-state index in [0.717, 1.165) is 0 Å². The molecule has 0 heterocycles. The molecule has 15 nitrogen and oxygen atoms in total. The van der Waals surface area contributed by atoms with Crippen molar-refractivity contribution in [3.05, 3.63) is 0 Å². The Hall–Kier alpha value is -3.75. The molecule has 4 unspecified atom stereocenters. The predicted molar refractivity (Wildman–Crippen MR) is 125 cm³/mol. The third kappa shape index (κ3) is 13.8. The lowest BCUT2D eigenvalue weighted by Crippen LogP contribution is -2.57. The molecule has 5 amide bonds. The van der Waals surface area contributed by atoms with Gasteiger partial charge in [-0.2, -0.15) is 0 Å². The van der Waals surface area contributed by atoms with Gasteiger partial charge in [0.1, 0.15) is 18.1 Å². The normalized spacial score (nSPS) is 14.1. The predicted octanol–water partition coefficient (Wildman–Crippen LogP) is -2.71. The Labute approximate surface area is 207 Å². The Morgan fingerprint density at radius 1 is 0.667 bits per heavy atom. The molecule has 0 saturated heterocycles. The van der Waals surface area contributed by atoms with E-state index in [0.29, 0.717) is 6.42 Å². The zero-order valence-electron chi connectivity index (χ0n) is 20.3. The molecule has 0 fully saturated rings. The number of amides is 5. The van der Waals surface area contributed by atoms with Crippen molar-refractivity contribution in [3.63, 3.8) is 0 Å². The van der Waals surface area contributed by atoms with Crippen LogP contribution in [0.15, 0.2) is 0 Å². The molecule has 15 heteroatoms. The number of carboxylic acid groups (broad SMARTS) is 2. The van der Waals surface area contributed by atoms with Crippen LogP contribution in [0, 0.1) is 5.92 Å². The van der Waals surface area contributed by atoms with Crippen LogP contribution < -0.4 is 33.2 Å². The van der Waals surface area contributed by atoms with Gasteiger partial charge in [0.25, 0.3) is 0 Å². The summed E-state index contributed by atoms with van der Waals surface area (Å²) < 4.78 is 0. The van der Waals surface area contributed by atoms with Gasteiger partial charge in [-0.3, -0.25) is 28.8 Å². The van der Waals surface area contributed by atoms with Gasteiger partial charge in [0, 0.05) is 19.3 Å². The molecule has 36 heavy (non-hydrogen) atoms. The van der Waals surface area contributed by atoms with Gasteiger partial charge >= 0.3 is 11.9 Å². The summed E-state index contributed by atoms with van der Waals surface area (Å²) in [5, 5.41) is 25.1. The van der Waals surface area contributed by atoms with Gasteiger partial charge in [-0.05, 0) is 31.6 Å². The van der Waals surface area contributed by atoms with Crippen molar-refractivity contribution >= 4 is 41.5 Å². The molecular weight excluding hydrogens is 480 g/mol. The summed E-state index contributed by atoms with van der Waals surface area (Å²) in [6.45, 7) is 3.66. The minimum absolute atomic E-state index is 0.0654. The number of rotatable bonds is 18. The molecule has 4 atom stereocenters. The second-order valence-electron chi connectivity index (χ2n) is 8.70. The van der Waals surface area contributed by atoms with Crippen LogP contribution in [0.4, 0.5) is 0 Å². The summed E-state index contributed by atoms with van der Waals surface area (Å²) in [7, 11) is 0. The summed E-state index contributed by atoms with van der Waals surface area (Å²) >= 11 is 0. The standard InChI is InChI=1S/C21H36N6O9/c1-10(2)9-11(22)18(32)25-13(5-8-17(30)31)19(33)26-12(3-6-15(23)28)20(34)27-14(21(35)36)4-7-16(24)29/h10-14H,3-9,22H2,1-2H3,(H2,23,28)(H2,24,29)(H,25,32)(H,26,33)(H,27,34)(H,30,31)(H,35,36). The molecule has 11 N–H and O–H groups in total. The van der Waals surface area contributed by atoms with E-state index in [1.165, 1.54) is 0 Å². The zero-order chi connectivity index (χ0) is 28.0. The summed E-state index contributed by atoms with van der Waals surface area (Å²) in [6.07, 6.45) is -1.87. The molecule has 0 bridgehead atoms. The van der Waals surface area contributed by atoms with E-state index in [2.05, 4.69) is 16.0 Å². The minimum Gasteiger partial charge on any atom is -0.481 e. The Morgan fingerprint density at radius 3 is 1.44 bits per heavy atom. The van der Waals surface area contributed by atoms with Crippen LogP contribution in [0.1, 0.15) is 58.8 Å². The molecule has 0 aromatic carbocycles. The average Bonchev–Trinajstić information content (AvgIpc) is 2.75. The first-order valence-electron chi connectivity index (χ1n) is 11.3. The number of carboxylic acids is 2. The maximum absolute atomic E-state index is 12.9. The first kappa shape index (κ1) is 32.2. The molecule has 0 aromatic heterocycles. The number of primary amides is 2. The molecule has 0 aliphatic rings. The summed E-state index contributed by atoms with van der Waals surface area (Å²) in [6, 6.07) is -5.34. The van der Waals surface area contributed by atoms with Crippen LogP contribution in [-0.4, -0.2) is 75.9 Å². The Balaban J connectivity index is 5.64. The zero-order valence-corrected chi connectivity index (χ0v) is 20.3. The van der Waals surface area contributed by atoms with Gasteiger partial charge in [-0.1, -0.05) is 13.8 Å². The molecular formula is C21H36N6O9. The van der Waals surface area contributed by atoms with Crippen molar-refractivity contribution in [2.24, 2.45) is 23.1 Å². The molecule has 0 saturated carbocycles. The highest BCUT2D eigenvalue weighted by molar-refractivity contribution is 5.94. The third-order valence-electron chi connectivity index (χ3n) is 4.95. The maximum atomic E-state index is 12.9. The Bertz CT molecular complexity index is 833. The lowest BCUT2D eigenvalue weighted by Gasteiger charge is -2.25. The van der Waals surface area contributed by atoms with Crippen molar-refractivity contribution in [2.75, 3.05) is 0 Å².